The number of hydrogen-bond donors (Lipinski definition) is 1. The molecule has 2 rings (SSSR count). The molecule has 0 radical (unpaired) electrons. The molecule has 1 fully saturated rings. The van der Waals surface area contributed by atoms with Crippen molar-refractivity contribution in [1.29, 1.82) is 0 Å². The molecule has 2 heterocycles. The van der Waals surface area contributed by atoms with E-state index in [0.717, 1.165) is 6.20 Å². The Labute approximate surface area is 99.1 Å². The normalized spacial score (nSPS) is 24.7. The second-order valence-corrected chi connectivity index (χ2v) is 4.03. The smallest absolute Gasteiger partial charge is 0.227 e. The number of hydrogen-bond acceptors (Lipinski definition) is 5. The largest absolute Gasteiger partial charge is 0.381 e. The lowest BCUT2D eigenvalue weighted by Crippen LogP contribution is -2.46. The predicted octanol–water partition coefficient (Wildman–Crippen LogP) is 0.978. The SMILES string of the molecule is C=C[C@H]1CN(c2ncc(F)c(N)n2)C[C@@H](C)O1. The summed E-state index contributed by atoms with van der Waals surface area (Å²) in [6, 6.07) is 0. The van der Waals surface area contributed by atoms with Crippen molar-refractivity contribution in [3.05, 3.63) is 24.7 Å². The van der Waals surface area contributed by atoms with Crippen LogP contribution in [-0.2, 0) is 4.74 Å². The summed E-state index contributed by atoms with van der Waals surface area (Å²) in [5.41, 5.74) is 5.42. The highest BCUT2D eigenvalue weighted by molar-refractivity contribution is 5.39. The van der Waals surface area contributed by atoms with Crippen LogP contribution < -0.4 is 10.6 Å². The quantitative estimate of drug-likeness (QED) is 0.778. The molecule has 0 aromatic carbocycles. The fourth-order valence-electron chi connectivity index (χ4n) is 1.80. The van der Waals surface area contributed by atoms with Gasteiger partial charge in [-0.15, -0.1) is 6.58 Å². The Hall–Kier alpha value is -1.69. The third-order valence-electron chi connectivity index (χ3n) is 2.59. The van der Waals surface area contributed by atoms with Gasteiger partial charge in [-0.3, -0.25) is 0 Å². The zero-order valence-electron chi connectivity index (χ0n) is 9.64. The van der Waals surface area contributed by atoms with Gasteiger partial charge in [0.1, 0.15) is 0 Å². The van der Waals surface area contributed by atoms with Gasteiger partial charge in [0.25, 0.3) is 0 Å². The van der Waals surface area contributed by atoms with Crippen molar-refractivity contribution < 1.29 is 9.13 Å². The number of nitrogens with two attached hydrogens (primary N) is 1. The van der Waals surface area contributed by atoms with E-state index < -0.39 is 5.82 Å². The average Bonchev–Trinajstić information content (AvgIpc) is 2.32. The Morgan fingerprint density at radius 3 is 3.06 bits per heavy atom. The van der Waals surface area contributed by atoms with Crippen LogP contribution in [-0.4, -0.2) is 35.3 Å². The molecule has 6 heteroatoms. The van der Waals surface area contributed by atoms with Crippen molar-refractivity contribution in [2.75, 3.05) is 23.7 Å². The number of halogens is 1. The predicted molar refractivity (Wildman–Crippen MR) is 63.1 cm³/mol. The third-order valence-corrected chi connectivity index (χ3v) is 2.59. The molecule has 5 nitrogen and oxygen atoms in total. The number of anilines is 2. The molecule has 1 aliphatic rings. The summed E-state index contributed by atoms with van der Waals surface area (Å²) >= 11 is 0. The molecule has 0 bridgehead atoms. The van der Waals surface area contributed by atoms with Crippen molar-refractivity contribution in [3.8, 4) is 0 Å². The van der Waals surface area contributed by atoms with Gasteiger partial charge in [-0.05, 0) is 6.92 Å². The van der Waals surface area contributed by atoms with Gasteiger partial charge in [-0.1, -0.05) is 6.08 Å². The first kappa shape index (κ1) is 11.8. The van der Waals surface area contributed by atoms with Crippen molar-refractivity contribution in [1.82, 2.24) is 9.97 Å². The molecule has 1 aliphatic heterocycles. The molecule has 0 aliphatic carbocycles. The second-order valence-electron chi connectivity index (χ2n) is 4.03. The van der Waals surface area contributed by atoms with Crippen LogP contribution in [0.5, 0.6) is 0 Å². The fourth-order valence-corrected chi connectivity index (χ4v) is 1.80. The van der Waals surface area contributed by atoms with E-state index in [1.807, 2.05) is 11.8 Å². The number of nitrogens with zero attached hydrogens (tertiary/aromatic N) is 3. The van der Waals surface area contributed by atoms with E-state index in [-0.39, 0.29) is 18.0 Å². The first-order valence-corrected chi connectivity index (χ1v) is 5.41. The minimum absolute atomic E-state index is 0.0432. The minimum Gasteiger partial charge on any atom is -0.381 e. The zero-order chi connectivity index (χ0) is 12.4. The summed E-state index contributed by atoms with van der Waals surface area (Å²) in [5, 5.41) is 0. The van der Waals surface area contributed by atoms with E-state index in [4.69, 9.17) is 10.5 Å². The Kier molecular flexibility index (Phi) is 3.23. The van der Waals surface area contributed by atoms with E-state index in [0.29, 0.717) is 19.0 Å². The maximum Gasteiger partial charge on any atom is 0.227 e. The number of rotatable bonds is 2. The van der Waals surface area contributed by atoms with Gasteiger partial charge in [-0.25, -0.2) is 9.37 Å². The highest BCUT2D eigenvalue weighted by Crippen LogP contribution is 2.18. The van der Waals surface area contributed by atoms with Crippen molar-refractivity contribution >= 4 is 11.8 Å². The standard InChI is InChI=1S/C11H15FN4O/c1-3-8-6-16(5-7(2)17-8)11-14-4-9(12)10(13)15-11/h3-4,7-8H,1,5-6H2,2H3,(H2,13,14,15)/t7-,8+/m1/s1. The van der Waals surface area contributed by atoms with Gasteiger partial charge in [0.05, 0.1) is 24.9 Å². The van der Waals surface area contributed by atoms with Crippen molar-refractivity contribution in [2.45, 2.75) is 19.1 Å². The lowest BCUT2D eigenvalue weighted by atomic mass is 10.2. The number of ether oxygens (including phenoxy) is 1. The highest BCUT2D eigenvalue weighted by Gasteiger charge is 2.25. The molecule has 1 aromatic rings. The van der Waals surface area contributed by atoms with Crippen molar-refractivity contribution in [2.24, 2.45) is 0 Å². The van der Waals surface area contributed by atoms with E-state index in [1.54, 1.807) is 6.08 Å². The van der Waals surface area contributed by atoms with Crippen LogP contribution in [0.4, 0.5) is 16.2 Å². The molecule has 17 heavy (non-hydrogen) atoms. The first-order valence-electron chi connectivity index (χ1n) is 5.41. The van der Waals surface area contributed by atoms with Crippen LogP contribution in [0.25, 0.3) is 0 Å². The highest BCUT2D eigenvalue weighted by atomic mass is 19.1. The van der Waals surface area contributed by atoms with Crippen LogP contribution in [0.1, 0.15) is 6.92 Å². The lowest BCUT2D eigenvalue weighted by Gasteiger charge is -2.35. The van der Waals surface area contributed by atoms with E-state index >= 15 is 0 Å². The molecule has 2 N–H and O–H groups in total. The molecule has 1 saturated heterocycles. The van der Waals surface area contributed by atoms with Gasteiger partial charge >= 0.3 is 0 Å². The van der Waals surface area contributed by atoms with E-state index in [9.17, 15) is 4.39 Å². The fraction of sp³-hybridized carbons (Fsp3) is 0.455. The molecular formula is C11H15FN4O. The molecule has 2 atom stereocenters. The monoisotopic (exact) mass is 238 g/mol. The Morgan fingerprint density at radius 1 is 1.65 bits per heavy atom. The maximum atomic E-state index is 13.0. The van der Waals surface area contributed by atoms with E-state index in [2.05, 4.69) is 16.5 Å². The van der Waals surface area contributed by atoms with Gasteiger partial charge in [0.2, 0.25) is 5.95 Å². The van der Waals surface area contributed by atoms with E-state index in [1.165, 1.54) is 0 Å². The Morgan fingerprint density at radius 2 is 2.41 bits per heavy atom. The summed E-state index contributed by atoms with van der Waals surface area (Å²) in [7, 11) is 0. The second kappa shape index (κ2) is 4.67. The van der Waals surface area contributed by atoms with Crippen LogP contribution in [0.15, 0.2) is 18.9 Å². The molecule has 92 valence electrons. The summed E-state index contributed by atoms with van der Waals surface area (Å²) in [6.07, 6.45) is 2.78. The van der Waals surface area contributed by atoms with Gasteiger partial charge in [-0.2, -0.15) is 4.98 Å². The topological polar surface area (TPSA) is 64.3 Å². The number of morpholine rings is 1. The molecular weight excluding hydrogens is 223 g/mol. The maximum absolute atomic E-state index is 13.0. The molecule has 0 saturated carbocycles. The van der Waals surface area contributed by atoms with Crippen LogP contribution in [0.2, 0.25) is 0 Å². The Balaban J connectivity index is 2.20. The summed E-state index contributed by atoms with van der Waals surface area (Å²) in [4.78, 5) is 9.78. The number of nitrogen functional groups attached to an aromatic ring is 1. The minimum atomic E-state index is -0.602. The lowest BCUT2D eigenvalue weighted by molar-refractivity contribution is 0.00990. The van der Waals surface area contributed by atoms with Gasteiger partial charge in [0.15, 0.2) is 11.6 Å². The van der Waals surface area contributed by atoms with Crippen LogP contribution >= 0.6 is 0 Å². The zero-order valence-corrected chi connectivity index (χ0v) is 9.64. The third kappa shape index (κ3) is 2.52. The van der Waals surface area contributed by atoms with Crippen LogP contribution in [0.3, 0.4) is 0 Å². The van der Waals surface area contributed by atoms with Gasteiger partial charge in [0, 0.05) is 6.54 Å². The Bertz CT molecular complexity index is 426. The van der Waals surface area contributed by atoms with Crippen molar-refractivity contribution in [3.63, 3.8) is 0 Å². The number of aromatic nitrogens is 2. The van der Waals surface area contributed by atoms with Gasteiger partial charge < -0.3 is 15.4 Å². The summed E-state index contributed by atoms with van der Waals surface area (Å²) in [6.45, 7) is 6.90. The molecule has 0 spiro atoms. The summed E-state index contributed by atoms with van der Waals surface area (Å²) in [5.74, 6) is -0.314. The molecule has 1 aromatic heterocycles. The molecule has 0 unspecified atom stereocenters. The molecule has 0 amide bonds. The first-order chi connectivity index (χ1) is 8.10. The average molecular weight is 238 g/mol. The van der Waals surface area contributed by atoms with Crippen LogP contribution in [0, 0.1) is 5.82 Å². The summed E-state index contributed by atoms with van der Waals surface area (Å²) < 4.78 is 18.6.